The van der Waals surface area contributed by atoms with Crippen molar-refractivity contribution in [2.45, 2.75) is 6.92 Å². The molecule has 7 nitrogen and oxygen atoms in total. The molecule has 2 aromatic heterocycles. The lowest BCUT2D eigenvalue weighted by Crippen LogP contribution is -2.06. The third-order valence-electron chi connectivity index (χ3n) is 3.09. The summed E-state index contributed by atoms with van der Waals surface area (Å²) in [5.41, 5.74) is 1.71. The molecule has 0 radical (unpaired) electrons. The van der Waals surface area contributed by atoms with Crippen LogP contribution in [0.5, 0.6) is 0 Å². The number of ether oxygens (including phenoxy) is 1. The first-order chi connectivity index (χ1) is 10.6. The molecule has 0 aliphatic carbocycles. The number of hydrogen-bond donors (Lipinski definition) is 2. The van der Waals surface area contributed by atoms with Gasteiger partial charge in [0.05, 0.1) is 23.4 Å². The molecular formula is C14H11ClN4O3. The average Bonchev–Trinajstić information content (AvgIpc) is 3.06. The van der Waals surface area contributed by atoms with Crippen molar-refractivity contribution in [2.24, 2.45) is 0 Å². The zero-order chi connectivity index (χ0) is 15.7. The standard InChI is InChI=1S/C14H11ClN4O3/c1-2-22-14(21)7-3-4-16-10(7)5-9-8-6-11(15)18-19-12(8)17-13(9)20/h3-6,16H,2H2,1H3,(H,17,19,20)/b9-5-. The highest BCUT2D eigenvalue weighted by atomic mass is 35.5. The smallest absolute Gasteiger partial charge is 0.340 e. The van der Waals surface area contributed by atoms with Crippen molar-refractivity contribution in [1.82, 2.24) is 15.2 Å². The predicted octanol–water partition coefficient (Wildman–Crippen LogP) is 2.13. The van der Waals surface area contributed by atoms with Crippen LogP contribution < -0.4 is 5.32 Å². The number of fused-ring (bicyclic) bond motifs is 1. The van der Waals surface area contributed by atoms with Gasteiger partial charge in [-0.15, -0.1) is 10.2 Å². The third kappa shape index (κ3) is 2.46. The lowest BCUT2D eigenvalue weighted by molar-refractivity contribution is -0.110. The van der Waals surface area contributed by atoms with Crippen LogP contribution in [0.1, 0.15) is 28.5 Å². The normalized spacial score (nSPS) is 14.8. The van der Waals surface area contributed by atoms with Crippen LogP contribution in [0.4, 0.5) is 5.82 Å². The van der Waals surface area contributed by atoms with Gasteiger partial charge in [-0.25, -0.2) is 4.79 Å². The van der Waals surface area contributed by atoms with Gasteiger partial charge in [0.2, 0.25) is 0 Å². The minimum Gasteiger partial charge on any atom is -0.462 e. The van der Waals surface area contributed by atoms with Gasteiger partial charge in [0.15, 0.2) is 11.0 Å². The summed E-state index contributed by atoms with van der Waals surface area (Å²) in [5.74, 6) is -0.457. The summed E-state index contributed by atoms with van der Waals surface area (Å²) in [4.78, 5) is 26.8. The Morgan fingerprint density at radius 3 is 3.05 bits per heavy atom. The van der Waals surface area contributed by atoms with Gasteiger partial charge in [-0.1, -0.05) is 11.6 Å². The van der Waals surface area contributed by atoms with E-state index in [4.69, 9.17) is 16.3 Å². The number of hydrogen-bond acceptors (Lipinski definition) is 5. The molecule has 0 fully saturated rings. The van der Waals surface area contributed by atoms with E-state index in [0.717, 1.165) is 0 Å². The highest BCUT2D eigenvalue weighted by Crippen LogP contribution is 2.32. The van der Waals surface area contributed by atoms with E-state index in [1.807, 2.05) is 0 Å². The molecule has 0 unspecified atom stereocenters. The molecule has 2 N–H and O–H groups in total. The van der Waals surface area contributed by atoms with E-state index in [-0.39, 0.29) is 17.7 Å². The quantitative estimate of drug-likeness (QED) is 0.667. The Morgan fingerprint density at radius 1 is 1.45 bits per heavy atom. The van der Waals surface area contributed by atoms with E-state index in [2.05, 4.69) is 20.5 Å². The molecule has 22 heavy (non-hydrogen) atoms. The van der Waals surface area contributed by atoms with E-state index in [1.165, 1.54) is 0 Å². The summed E-state index contributed by atoms with van der Waals surface area (Å²) in [5, 5.41) is 10.3. The van der Waals surface area contributed by atoms with Crippen molar-refractivity contribution in [3.8, 4) is 0 Å². The summed E-state index contributed by atoms with van der Waals surface area (Å²) in [7, 11) is 0. The van der Waals surface area contributed by atoms with Crippen LogP contribution in [0.15, 0.2) is 18.3 Å². The number of amides is 1. The van der Waals surface area contributed by atoms with E-state index in [9.17, 15) is 9.59 Å². The van der Waals surface area contributed by atoms with Gasteiger partial charge in [-0.3, -0.25) is 4.79 Å². The SMILES string of the molecule is CCOC(=O)c1cc[nH]c1/C=C1\C(=O)Nc2nnc(Cl)cc21. The molecule has 0 saturated carbocycles. The number of anilines is 1. The highest BCUT2D eigenvalue weighted by Gasteiger charge is 2.27. The maximum atomic E-state index is 12.1. The number of H-pyrrole nitrogens is 1. The molecule has 0 bridgehead atoms. The molecule has 0 atom stereocenters. The monoisotopic (exact) mass is 318 g/mol. The molecule has 0 aromatic carbocycles. The van der Waals surface area contributed by atoms with Crippen LogP contribution in [0.3, 0.4) is 0 Å². The fraction of sp³-hybridized carbons (Fsp3) is 0.143. The topological polar surface area (TPSA) is 97.0 Å². The van der Waals surface area contributed by atoms with Gasteiger partial charge in [0, 0.05) is 11.8 Å². The van der Waals surface area contributed by atoms with E-state index < -0.39 is 5.97 Å². The number of nitrogens with zero attached hydrogens (tertiary/aromatic N) is 2. The second-order valence-corrected chi connectivity index (χ2v) is 4.85. The molecule has 1 aliphatic heterocycles. The maximum absolute atomic E-state index is 12.1. The predicted molar refractivity (Wildman–Crippen MR) is 80.3 cm³/mol. The van der Waals surface area contributed by atoms with Crippen LogP contribution in [0.25, 0.3) is 11.6 Å². The van der Waals surface area contributed by atoms with Crippen molar-refractivity contribution in [3.63, 3.8) is 0 Å². The summed E-state index contributed by atoms with van der Waals surface area (Å²) in [6.07, 6.45) is 3.16. The zero-order valence-electron chi connectivity index (χ0n) is 11.5. The fourth-order valence-electron chi connectivity index (χ4n) is 2.14. The molecular weight excluding hydrogens is 308 g/mol. The lowest BCUT2D eigenvalue weighted by atomic mass is 10.1. The Kier molecular flexibility index (Phi) is 3.64. The Morgan fingerprint density at radius 2 is 2.27 bits per heavy atom. The number of carbonyl (C=O) groups excluding carboxylic acids is 2. The van der Waals surface area contributed by atoms with Gasteiger partial charge in [0.25, 0.3) is 5.91 Å². The number of esters is 1. The molecule has 112 valence electrons. The van der Waals surface area contributed by atoms with E-state index in [1.54, 1.807) is 31.3 Å². The van der Waals surface area contributed by atoms with Crippen LogP contribution in [0.2, 0.25) is 5.15 Å². The Hall–Kier alpha value is -2.67. The van der Waals surface area contributed by atoms with Crippen molar-refractivity contribution in [3.05, 3.63) is 40.3 Å². The minimum absolute atomic E-state index is 0.179. The fourth-order valence-corrected chi connectivity index (χ4v) is 2.29. The largest absolute Gasteiger partial charge is 0.462 e. The lowest BCUT2D eigenvalue weighted by Gasteiger charge is -2.02. The molecule has 1 amide bonds. The van der Waals surface area contributed by atoms with Gasteiger partial charge in [0.1, 0.15) is 0 Å². The molecule has 1 aliphatic rings. The number of halogens is 1. The molecule has 0 saturated heterocycles. The van der Waals surface area contributed by atoms with Gasteiger partial charge in [-0.05, 0) is 25.1 Å². The summed E-state index contributed by atoms with van der Waals surface area (Å²) < 4.78 is 4.97. The minimum atomic E-state index is -0.458. The van der Waals surface area contributed by atoms with Crippen LogP contribution in [-0.2, 0) is 9.53 Å². The second kappa shape index (κ2) is 5.61. The van der Waals surface area contributed by atoms with Crippen LogP contribution in [0, 0.1) is 0 Å². The van der Waals surface area contributed by atoms with Crippen molar-refractivity contribution in [2.75, 3.05) is 11.9 Å². The summed E-state index contributed by atoms with van der Waals surface area (Å²) in [6, 6.07) is 3.14. The van der Waals surface area contributed by atoms with E-state index >= 15 is 0 Å². The Bertz CT molecular complexity index is 797. The van der Waals surface area contributed by atoms with Crippen LogP contribution >= 0.6 is 11.6 Å². The Balaban J connectivity index is 2.04. The highest BCUT2D eigenvalue weighted by molar-refractivity contribution is 6.35. The van der Waals surface area contributed by atoms with Crippen molar-refractivity contribution in [1.29, 1.82) is 0 Å². The molecule has 2 aromatic rings. The Labute approximate surface area is 130 Å². The van der Waals surface area contributed by atoms with Crippen LogP contribution in [-0.4, -0.2) is 33.7 Å². The van der Waals surface area contributed by atoms with Gasteiger partial charge >= 0.3 is 5.97 Å². The first-order valence-corrected chi connectivity index (χ1v) is 6.89. The number of aromatic nitrogens is 3. The number of carbonyl (C=O) groups is 2. The van der Waals surface area contributed by atoms with Crippen molar-refractivity contribution >= 4 is 40.9 Å². The second-order valence-electron chi connectivity index (χ2n) is 4.47. The molecule has 3 heterocycles. The average molecular weight is 319 g/mol. The molecule has 0 spiro atoms. The van der Waals surface area contributed by atoms with Gasteiger partial charge in [-0.2, -0.15) is 0 Å². The number of rotatable bonds is 3. The van der Waals surface area contributed by atoms with E-state index in [0.29, 0.717) is 28.2 Å². The zero-order valence-corrected chi connectivity index (χ0v) is 12.3. The maximum Gasteiger partial charge on any atom is 0.340 e. The first kappa shape index (κ1) is 14.3. The molecule has 8 heteroatoms. The summed E-state index contributed by atoms with van der Waals surface area (Å²) in [6.45, 7) is 2.00. The molecule has 3 rings (SSSR count). The summed E-state index contributed by atoms with van der Waals surface area (Å²) >= 11 is 5.82. The number of nitrogens with one attached hydrogen (secondary N) is 2. The number of aromatic amines is 1. The van der Waals surface area contributed by atoms with Crippen molar-refractivity contribution < 1.29 is 14.3 Å². The third-order valence-corrected chi connectivity index (χ3v) is 3.28. The van der Waals surface area contributed by atoms with Gasteiger partial charge < -0.3 is 15.0 Å². The first-order valence-electron chi connectivity index (χ1n) is 6.51.